The molecule has 26 atom stereocenters. The molecule has 356 valence electrons. The van der Waals surface area contributed by atoms with Crippen molar-refractivity contribution in [1.29, 1.82) is 0 Å². The molecule has 5 saturated heterocycles. The van der Waals surface area contributed by atoms with E-state index in [1.54, 1.807) is 0 Å². The smallest absolute Gasteiger partial charge is 0.187 e. The SMILES string of the molecule is CC1CCC2C(C)C3C(CC4C5CC=C6CC(OC7OC(CO)C(O)C(OC8OC(CO)C(O)C(O)C8O)C7OC7OC(C)C(O)C(O)C7O)CCC6(C)C5CCC43C)N2C1.[Cl-]. The van der Waals surface area contributed by atoms with Gasteiger partial charge in [0.25, 0.3) is 0 Å². The van der Waals surface area contributed by atoms with E-state index in [2.05, 4.69) is 38.7 Å². The van der Waals surface area contributed by atoms with E-state index in [-0.39, 0.29) is 23.9 Å². The van der Waals surface area contributed by atoms with Crippen molar-refractivity contribution in [3.63, 3.8) is 0 Å². The Morgan fingerprint density at radius 3 is 2.03 bits per heavy atom. The molecule has 5 heterocycles. The summed E-state index contributed by atoms with van der Waals surface area (Å²) in [6, 6.07) is 1.43. The summed E-state index contributed by atoms with van der Waals surface area (Å²) in [4.78, 5) is 2.94. The first kappa shape index (κ1) is 47.9. The van der Waals surface area contributed by atoms with Gasteiger partial charge in [0.2, 0.25) is 0 Å². The molecule has 0 spiro atoms. The molecule has 0 amide bonds. The van der Waals surface area contributed by atoms with Crippen LogP contribution >= 0.6 is 0 Å². The van der Waals surface area contributed by atoms with E-state index in [4.69, 9.17) is 28.4 Å². The standard InChI is InChI=1S/C45H73NO15.ClH/c1-19-6-9-27-20(2)31-28(46(27)16-19)15-26-24-8-7-22-14-23(10-12-44(22,4)25(24)11-13-45(26,31)5)57-43-40(61-41-37(54)35(52)32(49)21(3)56-41)39(34(51)30(18-48)59-43)60-42-38(55)36(53)33(50)29(17-47)58-42;/h7,19-21,23-43,47-55H,6,8-18H2,1-5H3;1H/p-1. The predicted molar refractivity (Wildman–Crippen MR) is 215 cm³/mol. The van der Waals surface area contributed by atoms with Gasteiger partial charge in [0.15, 0.2) is 18.9 Å². The highest BCUT2D eigenvalue weighted by molar-refractivity contribution is 5.27. The van der Waals surface area contributed by atoms with Crippen molar-refractivity contribution in [2.45, 2.75) is 203 Å². The summed E-state index contributed by atoms with van der Waals surface area (Å²) in [6.07, 6.45) is -11.1. The van der Waals surface area contributed by atoms with Crippen LogP contribution in [-0.4, -0.2) is 181 Å². The third kappa shape index (κ3) is 7.77. The number of piperidine rings is 1. The molecule has 0 aromatic carbocycles. The molecule has 9 rings (SSSR count). The third-order valence-electron chi connectivity index (χ3n) is 18.0. The number of nitrogens with zero attached hydrogens (tertiary/aromatic N) is 1. The van der Waals surface area contributed by atoms with Crippen LogP contribution in [0.25, 0.3) is 0 Å². The summed E-state index contributed by atoms with van der Waals surface area (Å²) in [7, 11) is 0. The van der Waals surface area contributed by atoms with Crippen molar-refractivity contribution in [2.24, 2.45) is 46.3 Å². The molecule has 3 saturated carbocycles. The van der Waals surface area contributed by atoms with E-state index >= 15 is 0 Å². The number of fused-ring (bicyclic) bond motifs is 9. The fourth-order valence-electron chi connectivity index (χ4n) is 14.7. The summed E-state index contributed by atoms with van der Waals surface area (Å²) in [5.74, 6) is 4.15. The normalized spacial score (nSPS) is 56.4. The average molecular weight is 904 g/mol. The monoisotopic (exact) mass is 902 g/mol. The van der Waals surface area contributed by atoms with Crippen LogP contribution < -0.4 is 12.4 Å². The largest absolute Gasteiger partial charge is 1.00 e. The molecule has 62 heavy (non-hydrogen) atoms. The second-order valence-electron chi connectivity index (χ2n) is 21.2. The van der Waals surface area contributed by atoms with Gasteiger partial charge in [-0.15, -0.1) is 0 Å². The first-order chi connectivity index (χ1) is 29.0. The van der Waals surface area contributed by atoms with Gasteiger partial charge in [-0.25, -0.2) is 0 Å². The van der Waals surface area contributed by atoms with Crippen LogP contribution in [0.1, 0.15) is 92.4 Å². The number of hydrogen-bond donors (Lipinski definition) is 9. The molecule has 0 bridgehead atoms. The van der Waals surface area contributed by atoms with Crippen molar-refractivity contribution in [1.82, 2.24) is 4.90 Å². The predicted octanol–water partition coefficient (Wildman–Crippen LogP) is -2.84. The van der Waals surface area contributed by atoms with Gasteiger partial charge in [-0.3, -0.25) is 4.90 Å². The lowest BCUT2D eigenvalue weighted by Gasteiger charge is -2.58. The van der Waals surface area contributed by atoms with Crippen molar-refractivity contribution in [3.8, 4) is 0 Å². The summed E-state index contributed by atoms with van der Waals surface area (Å²) in [6.45, 7) is 11.4. The van der Waals surface area contributed by atoms with Gasteiger partial charge in [-0.05, 0) is 111 Å². The zero-order chi connectivity index (χ0) is 43.4. The Bertz CT molecular complexity index is 1600. The molecule has 5 aliphatic heterocycles. The Morgan fingerprint density at radius 2 is 1.32 bits per heavy atom. The minimum atomic E-state index is -1.83. The minimum Gasteiger partial charge on any atom is -1.00 e. The van der Waals surface area contributed by atoms with Crippen LogP contribution in [0, 0.1) is 46.3 Å². The quantitative estimate of drug-likeness (QED) is 0.112. The Labute approximate surface area is 371 Å². The molecule has 8 fully saturated rings. The number of aliphatic hydroxyl groups is 9. The lowest BCUT2D eigenvalue weighted by Crippen LogP contribution is -3.00. The molecule has 16 nitrogen and oxygen atoms in total. The van der Waals surface area contributed by atoms with E-state index in [1.165, 1.54) is 51.1 Å². The van der Waals surface area contributed by atoms with Crippen LogP contribution in [0.3, 0.4) is 0 Å². The number of rotatable bonds is 8. The maximum atomic E-state index is 11.6. The first-order valence-corrected chi connectivity index (χ1v) is 23.4. The maximum Gasteiger partial charge on any atom is 0.187 e. The Morgan fingerprint density at radius 1 is 0.677 bits per heavy atom. The second kappa shape index (κ2) is 18.1. The summed E-state index contributed by atoms with van der Waals surface area (Å²) in [5.41, 5.74) is 1.72. The molecule has 4 aliphatic carbocycles. The molecule has 9 aliphatic rings. The van der Waals surface area contributed by atoms with Crippen LogP contribution in [0.4, 0.5) is 0 Å². The number of halogens is 1. The van der Waals surface area contributed by atoms with Gasteiger partial charge < -0.3 is 86.8 Å². The summed E-state index contributed by atoms with van der Waals surface area (Å²) < 4.78 is 36.8. The fourth-order valence-corrected chi connectivity index (χ4v) is 14.7. The van der Waals surface area contributed by atoms with Crippen molar-refractivity contribution < 1.29 is 86.8 Å². The molecule has 0 radical (unpaired) electrons. The number of ether oxygens (including phenoxy) is 6. The van der Waals surface area contributed by atoms with E-state index < -0.39 is 105 Å². The molecule has 0 aromatic rings. The third-order valence-corrected chi connectivity index (χ3v) is 18.0. The van der Waals surface area contributed by atoms with Crippen LogP contribution in [0.5, 0.6) is 0 Å². The highest BCUT2D eigenvalue weighted by Crippen LogP contribution is 2.70. The van der Waals surface area contributed by atoms with Gasteiger partial charge in [0.05, 0.1) is 25.4 Å². The zero-order valence-electron chi connectivity index (χ0n) is 36.7. The van der Waals surface area contributed by atoms with E-state index in [9.17, 15) is 46.0 Å². The van der Waals surface area contributed by atoms with Crippen LogP contribution in [0.15, 0.2) is 11.6 Å². The molecule has 26 unspecified atom stereocenters. The number of allylic oxidation sites excluding steroid dienone is 1. The van der Waals surface area contributed by atoms with E-state index in [0.29, 0.717) is 42.1 Å². The van der Waals surface area contributed by atoms with Crippen LogP contribution in [-0.2, 0) is 28.4 Å². The van der Waals surface area contributed by atoms with E-state index in [1.807, 2.05) is 0 Å². The summed E-state index contributed by atoms with van der Waals surface area (Å²) in [5, 5.41) is 95.8. The molecule has 9 N–H and O–H groups in total. The van der Waals surface area contributed by atoms with Gasteiger partial charge in [0, 0.05) is 18.6 Å². The molecular formula is C45H73ClNO15-. The fraction of sp³-hybridized carbons (Fsp3) is 0.956. The topological polar surface area (TPSA) is 241 Å². The number of hydrogen-bond acceptors (Lipinski definition) is 16. The number of aliphatic hydroxyl groups excluding tert-OH is 9. The van der Waals surface area contributed by atoms with Gasteiger partial charge in [-0.2, -0.15) is 0 Å². The maximum absolute atomic E-state index is 11.6. The molecular weight excluding hydrogens is 830 g/mol. The van der Waals surface area contributed by atoms with E-state index in [0.717, 1.165) is 36.6 Å². The molecule has 0 aromatic heterocycles. The van der Waals surface area contributed by atoms with Crippen LogP contribution in [0.2, 0.25) is 0 Å². The second-order valence-corrected chi connectivity index (χ2v) is 21.2. The highest BCUT2D eigenvalue weighted by Gasteiger charge is 2.66. The average Bonchev–Trinajstić information content (AvgIpc) is 3.71. The Kier molecular flexibility index (Phi) is 14.0. The molecule has 17 heteroatoms. The summed E-state index contributed by atoms with van der Waals surface area (Å²) >= 11 is 0. The Balaban J connectivity index is 0.00000529. The zero-order valence-corrected chi connectivity index (χ0v) is 37.5. The lowest BCUT2D eigenvalue weighted by molar-refractivity contribution is -0.394. The highest BCUT2D eigenvalue weighted by atomic mass is 35.5. The first-order valence-electron chi connectivity index (χ1n) is 23.4. The van der Waals surface area contributed by atoms with Gasteiger partial charge in [0.1, 0.15) is 67.1 Å². The van der Waals surface area contributed by atoms with Gasteiger partial charge >= 0.3 is 0 Å². The van der Waals surface area contributed by atoms with Crippen molar-refractivity contribution in [3.05, 3.63) is 11.6 Å². The minimum absolute atomic E-state index is 0. The Hall–Kier alpha value is -0.610. The van der Waals surface area contributed by atoms with Crippen molar-refractivity contribution in [2.75, 3.05) is 19.8 Å². The lowest BCUT2D eigenvalue weighted by atomic mass is 9.47. The van der Waals surface area contributed by atoms with Crippen molar-refractivity contribution >= 4 is 0 Å². The van der Waals surface area contributed by atoms with Gasteiger partial charge in [-0.1, -0.05) is 39.3 Å².